The molecule has 2 N–H and O–H groups in total. The first-order valence-electron chi connectivity index (χ1n) is 7.02. The Morgan fingerprint density at radius 3 is 2.41 bits per heavy atom. The van der Waals surface area contributed by atoms with Gasteiger partial charge < -0.3 is 10.6 Å². The maximum Gasteiger partial charge on any atom is 0.237 e. The number of carbonyl (C=O) groups is 1. The molecule has 0 heterocycles. The number of amides is 1. The molecule has 0 aromatic heterocycles. The first-order valence-corrected chi connectivity index (χ1v) is 7.02. The second-order valence-corrected chi connectivity index (χ2v) is 5.76. The van der Waals surface area contributed by atoms with Crippen molar-refractivity contribution in [3.63, 3.8) is 0 Å². The Balaban J connectivity index is 2.41. The van der Waals surface area contributed by atoms with Crippen molar-refractivity contribution < 1.29 is 4.79 Å². The van der Waals surface area contributed by atoms with Crippen LogP contribution in [0.4, 0.5) is 0 Å². The summed E-state index contributed by atoms with van der Waals surface area (Å²) in [6.45, 7) is 10.5. The summed E-state index contributed by atoms with van der Waals surface area (Å²) in [5.74, 6) is 1.63. The zero-order valence-electron chi connectivity index (χ0n) is 11.9. The van der Waals surface area contributed by atoms with E-state index in [1.54, 1.807) is 0 Å². The average molecular weight is 240 g/mol. The normalized spacial score (nSPS) is 30.6. The molecule has 1 fully saturated rings. The topological polar surface area (TPSA) is 41.1 Å². The van der Waals surface area contributed by atoms with Gasteiger partial charge in [0.1, 0.15) is 0 Å². The van der Waals surface area contributed by atoms with Crippen molar-refractivity contribution in [2.45, 2.75) is 72.0 Å². The Morgan fingerprint density at radius 2 is 1.94 bits per heavy atom. The molecular formula is C14H28N2O. The first kappa shape index (κ1) is 14.5. The van der Waals surface area contributed by atoms with Crippen LogP contribution in [0.2, 0.25) is 0 Å². The third-order valence-electron chi connectivity index (χ3n) is 4.04. The van der Waals surface area contributed by atoms with E-state index >= 15 is 0 Å². The standard InChI is InChI=1S/C14H28N2O/c1-6-12-7-8-13(10(12)4)16-11(5)14(17)15-9(2)3/h9-13,16H,6-8H2,1-5H3,(H,15,17). The highest BCUT2D eigenvalue weighted by Gasteiger charge is 2.32. The van der Waals surface area contributed by atoms with E-state index in [9.17, 15) is 4.79 Å². The quantitative estimate of drug-likeness (QED) is 0.774. The first-order chi connectivity index (χ1) is 7.95. The van der Waals surface area contributed by atoms with Crippen LogP contribution in [-0.2, 0) is 4.79 Å². The van der Waals surface area contributed by atoms with E-state index in [2.05, 4.69) is 24.5 Å². The number of hydrogen-bond donors (Lipinski definition) is 2. The molecule has 4 unspecified atom stereocenters. The van der Waals surface area contributed by atoms with Gasteiger partial charge in [-0.05, 0) is 45.4 Å². The van der Waals surface area contributed by atoms with E-state index in [1.165, 1.54) is 19.3 Å². The van der Waals surface area contributed by atoms with Crippen LogP contribution in [0.1, 0.15) is 53.9 Å². The van der Waals surface area contributed by atoms with Crippen molar-refractivity contribution in [1.82, 2.24) is 10.6 Å². The highest BCUT2D eigenvalue weighted by Crippen LogP contribution is 2.33. The molecule has 1 aliphatic rings. The molecule has 0 spiro atoms. The maximum atomic E-state index is 11.8. The largest absolute Gasteiger partial charge is 0.353 e. The SMILES string of the molecule is CCC1CCC(NC(C)C(=O)NC(C)C)C1C. The summed E-state index contributed by atoms with van der Waals surface area (Å²) in [6.07, 6.45) is 3.76. The van der Waals surface area contributed by atoms with E-state index in [1.807, 2.05) is 20.8 Å². The lowest BCUT2D eigenvalue weighted by Gasteiger charge is -2.25. The predicted octanol–water partition coefficient (Wildman–Crippen LogP) is 2.31. The summed E-state index contributed by atoms with van der Waals surface area (Å²) >= 11 is 0. The highest BCUT2D eigenvalue weighted by molar-refractivity contribution is 5.81. The lowest BCUT2D eigenvalue weighted by Crippen LogP contribution is -2.49. The van der Waals surface area contributed by atoms with Gasteiger partial charge in [0.05, 0.1) is 6.04 Å². The Labute approximate surface area is 106 Å². The average Bonchev–Trinajstić information content (AvgIpc) is 2.59. The molecule has 0 saturated heterocycles. The Morgan fingerprint density at radius 1 is 1.29 bits per heavy atom. The van der Waals surface area contributed by atoms with Crippen LogP contribution >= 0.6 is 0 Å². The maximum absolute atomic E-state index is 11.8. The minimum absolute atomic E-state index is 0.0829. The van der Waals surface area contributed by atoms with E-state index in [-0.39, 0.29) is 18.0 Å². The summed E-state index contributed by atoms with van der Waals surface area (Å²) in [5.41, 5.74) is 0. The van der Waals surface area contributed by atoms with Gasteiger partial charge in [-0.1, -0.05) is 20.3 Å². The molecular weight excluding hydrogens is 212 g/mol. The third kappa shape index (κ3) is 3.98. The smallest absolute Gasteiger partial charge is 0.237 e. The molecule has 1 amide bonds. The molecule has 0 radical (unpaired) electrons. The van der Waals surface area contributed by atoms with Gasteiger partial charge in [0.25, 0.3) is 0 Å². The number of rotatable bonds is 5. The van der Waals surface area contributed by atoms with E-state index < -0.39 is 0 Å². The summed E-state index contributed by atoms with van der Waals surface area (Å²) < 4.78 is 0. The van der Waals surface area contributed by atoms with Gasteiger partial charge in [0, 0.05) is 12.1 Å². The predicted molar refractivity (Wildman–Crippen MR) is 71.8 cm³/mol. The van der Waals surface area contributed by atoms with Gasteiger partial charge in [0.15, 0.2) is 0 Å². The second-order valence-electron chi connectivity index (χ2n) is 5.76. The van der Waals surface area contributed by atoms with Crippen LogP contribution in [0.3, 0.4) is 0 Å². The van der Waals surface area contributed by atoms with Crippen LogP contribution in [0.25, 0.3) is 0 Å². The van der Waals surface area contributed by atoms with E-state index in [4.69, 9.17) is 0 Å². The van der Waals surface area contributed by atoms with Crippen molar-refractivity contribution in [3.05, 3.63) is 0 Å². The minimum atomic E-state index is -0.0829. The van der Waals surface area contributed by atoms with Crippen molar-refractivity contribution in [1.29, 1.82) is 0 Å². The lowest BCUT2D eigenvalue weighted by molar-refractivity contribution is -0.123. The molecule has 0 aromatic carbocycles. The van der Waals surface area contributed by atoms with Crippen molar-refractivity contribution >= 4 is 5.91 Å². The fourth-order valence-electron chi connectivity index (χ4n) is 2.87. The molecule has 17 heavy (non-hydrogen) atoms. The van der Waals surface area contributed by atoms with Crippen molar-refractivity contribution in [3.8, 4) is 0 Å². The van der Waals surface area contributed by atoms with Crippen LogP contribution in [0, 0.1) is 11.8 Å². The van der Waals surface area contributed by atoms with E-state index in [0.717, 1.165) is 5.92 Å². The fraction of sp³-hybridized carbons (Fsp3) is 0.929. The molecule has 1 saturated carbocycles. The highest BCUT2D eigenvalue weighted by atomic mass is 16.2. The van der Waals surface area contributed by atoms with Crippen LogP contribution in [0.5, 0.6) is 0 Å². The van der Waals surface area contributed by atoms with Gasteiger partial charge in [-0.25, -0.2) is 0 Å². The zero-order chi connectivity index (χ0) is 13.0. The van der Waals surface area contributed by atoms with Gasteiger partial charge >= 0.3 is 0 Å². The summed E-state index contributed by atoms with van der Waals surface area (Å²) in [5, 5.41) is 6.44. The van der Waals surface area contributed by atoms with Crippen LogP contribution < -0.4 is 10.6 Å². The molecule has 3 nitrogen and oxygen atoms in total. The Bertz CT molecular complexity index is 253. The van der Waals surface area contributed by atoms with E-state index in [0.29, 0.717) is 12.0 Å². The third-order valence-corrected chi connectivity index (χ3v) is 4.04. The van der Waals surface area contributed by atoms with Crippen molar-refractivity contribution in [2.24, 2.45) is 11.8 Å². The Hall–Kier alpha value is -0.570. The molecule has 0 bridgehead atoms. The molecule has 1 rings (SSSR count). The second kappa shape index (κ2) is 6.39. The number of hydrogen-bond acceptors (Lipinski definition) is 2. The molecule has 4 atom stereocenters. The molecule has 100 valence electrons. The van der Waals surface area contributed by atoms with Crippen LogP contribution in [-0.4, -0.2) is 24.0 Å². The summed E-state index contributed by atoms with van der Waals surface area (Å²) in [6, 6.07) is 0.643. The van der Waals surface area contributed by atoms with Gasteiger partial charge in [-0.15, -0.1) is 0 Å². The monoisotopic (exact) mass is 240 g/mol. The molecule has 1 aliphatic carbocycles. The fourth-order valence-corrected chi connectivity index (χ4v) is 2.87. The van der Waals surface area contributed by atoms with Crippen molar-refractivity contribution in [2.75, 3.05) is 0 Å². The van der Waals surface area contributed by atoms with Gasteiger partial charge in [0.2, 0.25) is 5.91 Å². The molecule has 0 aromatic rings. The molecule has 0 aliphatic heterocycles. The van der Waals surface area contributed by atoms with Crippen LogP contribution in [0.15, 0.2) is 0 Å². The zero-order valence-corrected chi connectivity index (χ0v) is 11.9. The van der Waals surface area contributed by atoms with Gasteiger partial charge in [-0.2, -0.15) is 0 Å². The van der Waals surface area contributed by atoms with Gasteiger partial charge in [-0.3, -0.25) is 4.79 Å². The number of nitrogens with one attached hydrogen (secondary N) is 2. The number of carbonyl (C=O) groups excluding carboxylic acids is 1. The summed E-state index contributed by atoms with van der Waals surface area (Å²) in [4.78, 5) is 11.8. The summed E-state index contributed by atoms with van der Waals surface area (Å²) in [7, 11) is 0. The molecule has 3 heteroatoms. The minimum Gasteiger partial charge on any atom is -0.353 e. The lowest BCUT2D eigenvalue weighted by atomic mass is 9.93. The Kier molecular flexibility index (Phi) is 5.44.